The molecule has 1 aliphatic carbocycles. The fourth-order valence-corrected chi connectivity index (χ4v) is 4.72. The summed E-state index contributed by atoms with van der Waals surface area (Å²) in [6.07, 6.45) is 13.0. The standard InChI is InChI=1S/C18H22N6O4S/c1-14(15-7-5-3-2-4-6-8-15)24-18(25)23-13-19-17(16(23)20-21-24)29(26,27)22-9-11-28-12-10-22/h3,5-8,13-14H,2,4,9-12H2,1H3/b5-3-,8-6-,15-7+/t14-/m1/s1. The predicted molar refractivity (Wildman–Crippen MR) is 105 cm³/mol. The Kier molecular flexibility index (Phi) is 5.43. The molecular weight excluding hydrogens is 396 g/mol. The third-order valence-corrected chi connectivity index (χ3v) is 6.81. The lowest BCUT2D eigenvalue weighted by molar-refractivity contribution is 0.0729. The van der Waals surface area contributed by atoms with E-state index in [2.05, 4.69) is 21.4 Å². The van der Waals surface area contributed by atoms with Crippen LogP contribution in [0.1, 0.15) is 25.8 Å². The van der Waals surface area contributed by atoms with Crippen LogP contribution in [0.5, 0.6) is 0 Å². The van der Waals surface area contributed by atoms with Crippen LogP contribution in [0.2, 0.25) is 0 Å². The van der Waals surface area contributed by atoms with E-state index in [9.17, 15) is 13.2 Å². The van der Waals surface area contributed by atoms with Crippen LogP contribution >= 0.6 is 0 Å². The molecule has 2 aromatic rings. The van der Waals surface area contributed by atoms with Crippen molar-refractivity contribution in [3.63, 3.8) is 0 Å². The summed E-state index contributed by atoms with van der Waals surface area (Å²) in [6, 6.07) is -0.375. The van der Waals surface area contributed by atoms with Gasteiger partial charge < -0.3 is 4.74 Å². The first-order valence-corrected chi connectivity index (χ1v) is 10.9. The third-order valence-electron chi connectivity index (χ3n) is 4.99. The normalized spacial score (nSPS) is 23.7. The summed E-state index contributed by atoms with van der Waals surface area (Å²) in [5.41, 5.74) is 0.323. The number of morpholine rings is 1. The van der Waals surface area contributed by atoms with E-state index in [1.807, 2.05) is 31.2 Å². The summed E-state index contributed by atoms with van der Waals surface area (Å²) in [7, 11) is -3.89. The number of imidazole rings is 1. The molecule has 1 aliphatic heterocycles. The molecule has 11 heteroatoms. The molecule has 1 saturated heterocycles. The number of allylic oxidation sites excluding steroid dienone is 6. The van der Waals surface area contributed by atoms with Crippen molar-refractivity contribution < 1.29 is 13.2 Å². The molecule has 10 nitrogen and oxygen atoms in total. The smallest absolute Gasteiger partial charge is 0.353 e. The lowest BCUT2D eigenvalue weighted by Gasteiger charge is -2.24. The first kappa shape index (κ1) is 19.7. The minimum Gasteiger partial charge on any atom is -0.379 e. The van der Waals surface area contributed by atoms with Crippen LogP contribution in [-0.2, 0) is 14.8 Å². The van der Waals surface area contributed by atoms with E-state index >= 15 is 0 Å². The molecule has 1 fully saturated rings. The summed E-state index contributed by atoms with van der Waals surface area (Å²) in [4.78, 5) is 16.9. The number of aromatic nitrogens is 5. The number of fused-ring (bicyclic) bond motifs is 1. The van der Waals surface area contributed by atoms with Crippen molar-refractivity contribution in [3.05, 3.63) is 52.8 Å². The van der Waals surface area contributed by atoms with Gasteiger partial charge in [-0.05, 0) is 25.3 Å². The maximum atomic E-state index is 13.0. The molecule has 0 amide bonds. The Balaban J connectivity index is 1.73. The van der Waals surface area contributed by atoms with Crippen molar-refractivity contribution in [2.24, 2.45) is 0 Å². The van der Waals surface area contributed by atoms with Gasteiger partial charge in [0.15, 0.2) is 0 Å². The topological polar surface area (TPSA) is 112 Å². The molecular formula is C18H22N6O4S. The molecule has 3 heterocycles. The first-order valence-electron chi connectivity index (χ1n) is 9.44. The fraction of sp³-hybridized carbons (Fsp3) is 0.444. The Morgan fingerprint density at radius 2 is 1.93 bits per heavy atom. The number of hydrogen-bond donors (Lipinski definition) is 0. The minimum absolute atomic E-state index is 0.0768. The summed E-state index contributed by atoms with van der Waals surface area (Å²) < 4.78 is 34.6. The molecule has 1 atom stereocenters. The van der Waals surface area contributed by atoms with Gasteiger partial charge >= 0.3 is 5.69 Å². The molecule has 0 radical (unpaired) electrons. The summed E-state index contributed by atoms with van der Waals surface area (Å²) >= 11 is 0. The molecule has 0 N–H and O–H groups in total. The molecule has 2 aromatic heterocycles. The number of ether oxygens (including phenoxy) is 1. The van der Waals surface area contributed by atoms with Crippen molar-refractivity contribution >= 4 is 15.7 Å². The van der Waals surface area contributed by atoms with Gasteiger partial charge in [0.25, 0.3) is 10.0 Å². The zero-order chi connectivity index (χ0) is 20.4. The van der Waals surface area contributed by atoms with E-state index in [4.69, 9.17) is 4.74 Å². The Hall–Kier alpha value is -2.63. The van der Waals surface area contributed by atoms with Crippen molar-refractivity contribution in [1.82, 2.24) is 28.7 Å². The van der Waals surface area contributed by atoms with E-state index in [-0.39, 0.29) is 29.8 Å². The van der Waals surface area contributed by atoms with Crippen LogP contribution in [-0.4, -0.2) is 63.4 Å². The average molecular weight is 418 g/mol. The van der Waals surface area contributed by atoms with E-state index in [1.54, 1.807) is 0 Å². The summed E-state index contributed by atoms with van der Waals surface area (Å²) in [5.74, 6) is 0. The Morgan fingerprint density at radius 3 is 2.72 bits per heavy atom. The van der Waals surface area contributed by atoms with Crippen molar-refractivity contribution in [2.45, 2.75) is 30.8 Å². The highest BCUT2D eigenvalue weighted by Gasteiger charge is 2.32. The van der Waals surface area contributed by atoms with E-state index in [0.29, 0.717) is 13.2 Å². The van der Waals surface area contributed by atoms with Gasteiger partial charge in [-0.25, -0.2) is 22.6 Å². The SMILES string of the molecule is C[C@H](C1=C/C=C\CC/C=C\1)n1nnc2c(S(=O)(=O)N3CCOCC3)ncn2c1=O. The number of hydrogen-bond acceptors (Lipinski definition) is 7. The third kappa shape index (κ3) is 3.68. The predicted octanol–water partition coefficient (Wildman–Crippen LogP) is 0.700. The molecule has 0 spiro atoms. The maximum absolute atomic E-state index is 13.0. The molecule has 0 bridgehead atoms. The highest BCUT2D eigenvalue weighted by molar-refractivity contribution is 7.89. The lowest BCUT2D eigenvalue weighted by Crippen LogP contribution is -2.41. The first-order chi connectivity index (χ1) is 14.0. The van der Waals surface area contributed by atoms with Crippen LogP contribution in [0.15, 0.2) is 52.1 Å². The maximum Gasteiger partial charge on any atom is 0.353 e. The van der Waals surface area contributed by atoms with Crippen molar-refractivity contribution in [1.29, 1.82) is 0 Å². The van der Waals surface area contributed by atoms with Gasteiger partial charge in [-0.2, -0.15) is 8.99 Å². The van der Waals surface area contributed by atoms with Gasteiger partial charge in [0, 0.05) is 13.1 Å². The van der Waals surface area contributed by atoms with Crippen molar-refractivity contribution in [2.75, 3.05) is 26.3 Å². The second-order valence-electron chi connectivity index (χ2n) is 6.83. The quantitative estimate of drug-likeness (QED) is 0.718. The second-order valence-corrected chi connectivity index (χ2v) is 8.68. The van der Waals surface area contributed by atoms with Crippen LogP contribution in [0.25, 0.3) is 5.65 Å². The average Bonchev–Trinajstić information content (AvgIpc) is 3.14. The molecule has 154 valence electrons. The molecule has 0 unspecified atom stereocenters. The molecule has 0 aromatic carbocycles. The Labute approximate surface area is 167 Å². The van der Waals surface area contributed by atoms with Gasteiger partial charge in [0.05, 0.1) is 19.3 Å². The van der Waals surface area contributed by atoms with E-state index in [0.717, 1.165) is 22.8 Å². The molecule has 2 aliphatic rings. The number of rotatable bonds is 4. The zero-order valence-corrected chi connectivity index (χ0v) is 16.8. The number of sulfonamides is 1. The Morgan fingerprint density at radius 1 is 1.17 bits per heavy atom. The number of nitrogens with zero attached hydrogens (tertiary/aromatic N) is 6. The Bertz CT molecular complexity index is 1150. The van der Waals surface area contributed by atoms with Crippen LogP contribution < -0.4 is 5.69 Å². The monoisotopic (exact) mass is 418 g/mol. The van der Waals surface area contributed by atoms with Crippen molar-refractivity contribution in [3.8, 4) is 0 Å². The highest BCUT2D eigenvalue weighted by atomic mass is 32.2. The minimum atomic E-state index is -3.89. The van der Waals surface area contributed by atoms with Gasteiger partial charge in [0.2, 0.25) is 10.7 Å². The molecule has 4 rings (SSSR count). The second kappa shape index (κ2) is 8.01. The zero-order valence-electron chi connectivity index (χ0n) is 16.0. The largest absolute Gasteiger partial charge is 0.379 e. The van der Waals surface area contributed by atoms with E-state index < -0.39 is 15.7 Å². The van der Waals surface area contributed by atoms with Crippen LogP contribution in [0, 0.1) is 0 Å². The summed E-state index contributed by atoms with van der Waals surface area (Å²) in [5, 5.41) is 7.78. The van der Waals surface area contributed by atoms with Gasteiger partial charge in [0.1, 0.15) is 6.33 Å². The summed E-state index contributed by atoms with van der Waals surface area (Å²) in [6.45, 7) is 2.94. The fourth-order valence-electron chi connectivity index (χ4n) is 3.29. The van der Waals surface area contributed by atoms with Gasteiger partial charge in [-0.15, -0.1) is 5.10 Å². The van der Waals surface area contributed by atoms with Gasteiger partial charge in [-0.3, -0.25) is 0 Å². The lowest BCUT2D eigenvalue weighted by atomic mass is 10.1. The van der Waals surface area contributed by atoms with Crippen LogP contribution in [0.4, 0.5) is 0 Å². The van der Waals surface area contributed by atoms with Gasteiger partial charge in [-0.1, -0.05) is 35.6 Å². The highest BCUT2D eigenvalue weighted by Crippen LogP contribution is 2.20. The molecule has 0 saturated carbocycles. The molecule has 29 heavy (non-hydrogen) atoms. The van der Waals surface area contributed by atoms with E-state index in [1.165, 1.54) is 15.3 Å². The van der Waals surface area contributed by atoms with Crippen LogP contribution in [0.3, 0.4) is 0 Å².